The predicted molar refractivity (Wildman–Crippen MR) is 77.6 cm³/mol. The number of allylic oxidation sites excluding steroid dienone is 3. The Kier molecular flexibility index (Phi) is 8.78. The highest BCUT2D eigenvalue weighted by Gasteiger charge is 2.21. The summed E-state index contributed by atoms with van der Waals surface area (Å²) in [5.74, 6) is -2.81. The third-order valence-corrected chi connectivity index (χ3v) is 2.43. The number of ether oxygens (including phenoxy) is 1. The number of quaternary nitrogens is 1. The Morgan fingerprint density at radius 1 is 1.23 bits per heavy atom. The summed E-state index contributed by atoms with van der Waals surface area (Å²) in [6.45, 7) is 0.349. The van der Waals surface area contributed by atoms with E-state index in [0.29, 0.717) is 17.4 Å². The van der Waals surface area contributed by atoms with E-state index in [0.717, 1.165) is 6.08 Å². The molecule has 0 aliphatic heterocycles. The first-order valence-electron chi connectivity index (χ1n) is 6.86. The van der Waals surface area contributed by atoms with Crippen molar-refractivity contribution in [1.82, 2.24) is 0 Å². The summed E-state index contributed by atoms with van der Waals surface area (Å²) in [6, 6.07) is 0. The van der Waals surface area contributed by atoms with Crippen LogP contribution in [-0.4, -0.2) is 61.3 Å². The van der Waals surface area contributed by atoms with Gasteiger partial charge in [-0.15, -0.1) is 0 Å². The number of carboxylic acid groups (broad SMARTS) is 2. The van der Waals surface area contributed by atoms with Gasteiger partial charge in [0.15, 0.2) is 6.10 Å². The molecular formula is C15H23NO6. The molecule has 7 heteroatoms. The van der Waals surface area contributed by atoms with Gasteiger partial charge in [-0.05, 0) is 6.42 Å². The van der Waals surface area contributed by atoms with E-state index in [1.807, 2.05) is 21.1 Å². The molecule has 7 nitrogen and oxygen atoms in total. The van der Waals surface area contributed by atoms with Crippen LogP contribution in [0, 0.1) is 0 Å². The van der Waals surface area contributed by atoms with E-state index in [1.54, 1.807) is 6.08 Å². The van der Waals surface area contributed by atoms with E-state index >= 15 is 0 Å². The lowest BCUT2D eigenvalue weighted by Crippen LogP contribution is -2.45. The normalized spacial score (nSPS) is 13.4. The van der Waals surface area contributed by atoms with E-state index in [9.17, 15) is 19.5 Å². The first-order valence-corrected chi connectivity index (χ1v) is 6.86. The largest absolute Gasteiger partial charge is 0.550 e. The lowest BCUT2D eigenvalue weighted by atomic mass is 10.2. The maximum absolute atomic E-state index is 11.6. The molecule has 1 atom stereocenters. The second-order valence-corrected chi connectivity index (χ2v) is 5.83. The molecular weight excluding hydrogens is 290 g/mol. The third-order valence-electron chi connectivity index (χ3n) is 2.43. The van der Waals surface area contributed by atoms with Crippen LogP contribution in [0.3, 0.4) is 0 Å². The molecule has 124 valence electrons. The van der Waals surface area contributed by atoms with Crippen molar-refractivity contribution >= 4 is 17.9 Å². The van der Waals surface area contributed by atoms with Crippen molar-refractivity contribution in [3.8, 4) is 0 Å². The fourth-order valence-corrected chi connectivity index (χ4v) is 1.66. The average Bonchev–Trinajstić information content (AvgIpc) is 2.29. The Morgan fingerprint density at radius 3 is 2.36 bits per heavy atom. The van der Waals surface area contributed by atoms with Gasteiger partial charge in [0.1, 0.15) is 6.54 Å². The molecule has 0 saturated heterocycles. The number of rotatable bonds is 10. The highest BCUT2D eigenvalue weighted by molar-refractivity contribution is 5.82. The zero-order chi connectivity index (χ0) is 17.2. The number of carbonyl (C=O) groups excluding carboxylic acids is 2. The van der Waals surface area contributed by atoms with Crippen molar-refractivity contribution in [1.29, 1.82) is 0 Å². The molecule has 0 heterocycles. The number of hydrogen-bond donors (Lipinski definition) is 1. The summed E-state index contributed by atoms with van der Waals surface area (Å²) in [5.41, 5.74) is 0. The third kappa shape index (κ3) is 12.9. The maximum Gasteiger partial charge on any atom is 0.331 e. The number of nitrogens with zero attached hydrogens (tertiary/aromatic N) is 1. The van der Waals surface area contributed by atoms with Crippen LogP contribution in [0.4, 0.5) is 0 Å². The van der Waals surface area contributed by atoms with Crippen molar-refractivity contribution < 1.29 is 33.8 Å². The SMILES string of the molecule is C[N+](C)(C)CC(CC(=O)[O-])OC(=O)/C=C/C=C/CCC(=O)O. The quantitative estimate of drug-likeness (QED) is 0.257. The van der Waals surface area contributed by atoms with Crippen molar-refractivity contribution in [2.45, 2.75) is 25.4 Å². The molecule has 0 aromatic heterocycles. The molecule has 0 radical (unpaired) electrons. The molecule has 0 amide bonds. The number of esters is 1. The predicted octanol–water partition coefficient (Wildman–Crippen LogP) is -0.278. The van der Waals surface area contributed by atoms with Gasteiger partial charge in [0, 0.05) is 24.9 Å². The van der Waals surface area contributed by atoms with Crippen LogP contribution in [0.1, 0.15) is 19.3 Å². The second kappa shape index (κ2) is 9.73. The summed E-state index contributed by atoms with van der Waals surface area (Å²) in [5, 5.41) is 19.1. The Balaban J connectivity index is 4.37. The minimum atomic E-state index is -1.27. The van der Waals surface area contributed by atoms with E-state index in [1.165, 1.54) is 12.2 Å². The second-order valence-electron chi connectivity index (χ2n) is 5.83. The number of carboxylic acids is 2. The van der Waals surface area contributed by atoms with Gasteiger partial charge in [-0.2, -0.15) is 0 Å². The van der Waals surface area contributed by atoms with Gasteiger partial charge < -0.3 is 24.2 Å². The first kappa shape index (κ1) is 19.9. The van der Waals surface area contributed by atoms with Crippen LogP contribution >= 0.6 is 0 Å². The molecule has 0 bridgehead atoms. The summed E-state index contributed by atoms with van der Waals surface area (Å²) < 4.78 is 5.54. The van der Waals surface area contributed by atoms with Crippen LogP contribution in [0.15, 0.2) is 24.3 Å². The van der Waals surface area contributed by atoms with Crippen LogP contribution in [-0.2, 0) is 19.1 Å². The fourth-order valence-electron chi connectivity index (χ4n) is 1.66. The van der Waals surface area contributed by atoms with Gasteiger partial charge >= 0.3 is 11.9 Å². The van der Waals surface area contributed by atoms with Gasteiger partial charge in [0.05, 0.1) is 21.1 Å². The Labute approximate surface area is 130 Å². The lowest BCUT2D eigenvalue weighted by Gasteiger charge is -2.28. The first-order chi connectivity index (χ1) is 10.1. The molecule has 0 aromatic rings. The Morgan fingerprint density at radius 2 is 1.86 bits per heavy atom. The molecule has 0 spiro atoms. The Bertz CT molecular complexity index is 447. The molecule has 1 unspecified atom stereocenters. The summed E-state index contributed by atoms with van der Waals surface area (Å²) in [6.07, 6.45) is 5.00. The van der Waals surface area contributed by atoms with E-state index in [-0.39, 0.29) is 12.8 Å². The van der Waals surface area contributed by atoms with E-state index < -0.39 is 24.0 Å². The Hall–Kier alpha value is -2.15. The zero-order valence-electron chi connectivity index (χ0n) is 13.2. The minimum absolute atomic E-state index is 0.0198. The van der Waals surface area contributed by atoms with E-state index in [4.69, 9.17) is 9.84 Å². The molecule has 0 saturated carbocycles. The van der Waals surface area contributed by atoms with Crippen molar-refractivity contribution in [3.05, 3.63) is 24.3 Å². The summed E-state index contributed by atoms with van der Waals surface area (Å²) >= 11 is 0. The summed E-state index contributed by atoms with van der Waals surface area (Å²) in [4.78, 5) is 32.6. The van der Waals surface area contributed by atoms with Gasteiger partial charge in [0.25, 0.3) is 0 Å². The molecule has 1 N–H and O–H groups in total. The molecule has 0 rings (SSSR count). The number of hydrogen-bond acceptors (Lipinski definition) is 5. The number of carbonyl (C=O) groups is 3. The molecule has 0 fully saturated rings. The topological polar surface area (TPSA) is 104 Å². The number of likely N-dealkylation sites (N-methyl/N-ethyl adjacent to an activating group) is 1. The molecule has 0 aromatic carbocycles. The van der Waals surface area contributed by atoms with Crippen molar-refractivity contribution in [3.63, 3.8) is 0 Å². The smallest absolute Gasteiger partial charge is 0.331 e. The monoisotopic (exact) mass is 313 g/mol. The van der Waals surface area contributed by atoms with Crippen molar-refractivity contribution in [2.75, 3.05) is 27.7 Å². The van der Waals surface area contributed by atoms with Crippen molar-refractivity contribution in [2.24, 2.45) is 0 Å². The van der Waals surface area contributed by atoms with Crippen LogP contribution < -0.4 is 5.11 Å². The zero-order valence-corrected chi connectivity index (χ0v) is 13.2. The van der Waals surface area contributed by atoms with Crippen LogP contribution in [0.25, 0.3) is 0 Å². The van der Waals surface area contributed by atoms with Crippen LogP contribution in [0.5, 0.6) is 0 Å². The van der Waals surface area contributed by atoms with Gasteiger partial charge in [-0.1, -0.05) is 18.2 Å². The van der Waals surface area contributed by atoms with Gasteiger partial charge in [0.2, 0.25) is 0 Å². The molecule has 0 aliphatic rings. The van der Waals surface area contributed by atoms with E-state index in [2.05, 4.69) is 0 Å². The minimum Gasteiger partial charge on any atom is -0.550 e. The van der Waals surface area contributed by atoms with Crippen LogP contribution in [0.2, 0.25) is 0 Å². The number of aliphatic carboxylic acids is 2. The fraction of sp³-hybridized carbons (Fsp3) is 0.533. The summed E-state index contributed by atoms with van der Waals surface area (Å²) in [7, 11) is 5.57. The van der Waals surface area contributed by atoms with Gasteiger partial charge in [-0.25, -0.2) is 4.79 Å². The molecule has 22 heavy (non-hydrogen) atoms. The highest BCUT2D eigenvalue weighted by atomic mass is 16.5. The highest BCUT2D eigenvalue weighted by Crippen LogP contribution is 2.05. The standard InChI is InChI=1S/C15H23NO6/c1-16(2,3)11-12(10-14(19)20)22-15(21)9-7-5-4-6-8-13(17)18/h4-5,7,9,12H,6,8,10-11H2,1-3H3,(H-,17,18,19,20)/b5-4+,9-7+. The molecule has 0 aliphatic carbocycles. The average molecular weight is 313 g/mol. The maximum atomic E-state index is 11.6. The van der Waals surface area contributed by atoms with Gasteiger partial charge in [-0.3, -0.25) is 4.79 Å². The lowest BCUT2D eigenvalue weighted by molar-refractivity contribution is -0.873.